The van der Waals surface area contributed by atoms with Crippen LogP contribution in [0.2, 0.25) is 0 Å². The highest BCUT2D eigenvalue weighted by molar-refractivity contribution is 5.81. The highest BCUT2D eigenvalue weighted by Gasteiger charge is 2.30. The van der Waals surface area contributed by atoms with Crippen molar-refractivity contribution in [3.63, 3.8) is 0 Å². The van der Waals surface area contributed by atoms with E-state index in [4.69, 9.17) is 25.7 Å². The molecule has 2 heterocycles. The van der Waals surface area contributed by atoms with Gasteiger partial charge in [0.1, 0.15) is 5.69 Å². The molecule has 2 aromatic rings. The topological polar surface area (TPSA) is 109 Å². The molecule has 1 aromatic carbocycles. The second-order valence-corrected chi connectivity index (χ2v) is 5.04. The number of anilines is 4. The summed E-state index contributed by atoms with van der Waals surface area (Å²) in [6.45, 7) is 0.722. The number of nitrogen functional groups attached to an aromatic ring is 2. The first-order valence-corrected chi connectivity index (χ1v) is 7.08. The summed E-state index contributed by atoms with van der Waals surface area (Å²) >= 11 is 0. The van der Waals surface area contributed by atoms with Crippen LogP contribution in [0.3, 0.4) is 0 Å². The Balaban J connectivity index is 2.16. The maximum atomic E-state index is 6.00. The summed E-state index contributed by atoms with van der Waals surface area (Å²) in [5.41, 5.74) is 14.2. The van der Waals surface area contributed by atoms with Crippen molar-refractivity contribution in [2.24, 2.45) is 0 Å². The van der Waals surface area contributed by atoms with E-state index in [1.807, 2.05) is 11.0 Å². The first-order chi connectivity index (χ1) is 11.1. The lowest BCUT2D eigenvalue weighted by Gasteiger charge is -2.22. The SMILES string of the molecule is COc1cc2c(c(OC)c1OC)CCN2c1cnc(N)nc1N. The molecule has 0 saturated heterocycles. The lowest BCUT2D eigenvalue weighted by atomic mass is 10.1. The Hall–Kier alpha value is -2.90. The predicted octanol–water partition coefficient (Wildman–Crippen LogP) is 1.36. The van der Waals surface area contributed by atoms with Crippen LogP contribution in [-0.2, 0) is 6.42 Å². The Morgan fingerprint density at radius 1 is 1.04 bits per heavy atom. The zero-order chi connectivity index (χ0) is 16.6. The summed E-state index contributed by atoms with van der Waals surface area (Å²) in [4.78, 5) is 10.1. The van der Waals surface area contributed by atoms with Crippen LogP contribution in [0.15, 0.2) is 12.3 Å². The zero-order valence-electron chi connectivity index (χ0n) is 13.3. The quantitative estimate of drug-likeness (QED) is 0.870. The number of ether oxygens (including phenoxy) is 3. The highest BCUT2D eigenvalue weighted by Crippen LogP contribution is 2.49. The molecule has 122 valence electrons. The van der Waals surface area contributed by atoms with Crippen LogP contribution in [0.4, 0.5) is 23.1 Å². The summed E-state index contributed by atoms with van der Waals surface area (Å²) in [5, 5.41) is 0. The molecular weight excluding hydrogens is 298 g/mol. The molecule has 0 amide bonds. The van der Waals surface area contributed by atoms with Crippen LogP contribution in [0.5, 0.6) is 17.2 Å². The van der Waals surface area contributed by atoms with E-state index in [2.05, 4.69) is 9.97 Å². The van der Waals surface area contributed by atoms with Crippen molar-refractivity contribution in [3.05, 3.63) is 17.8 Å². The van der Waals surface area contributed by atoms with Crippen molar-refractivity contribution in [1.29, 1.82) is 0 Å². The molecule has 0 atom stereocenters. The number of hydrogen-bond acceptors (Lipinski definition) is 8. The molecule has 0 fully saturated rings. The number of nitrogens with two attached hydrogens (primary N) is 2. The minimum Gasteiger partial charge on any atom is -0.493 e. The van der Waals surface area contributed by atoms with Gasteiger partial charge in [0.2, 0.25) is 11.7 Å². The average molecular weight is 317 g/mol. The number of benzene rings is 1. The van der Waals surface area contributed by atoms with Gasteiger partial charge in [-0.1, -0.05) is 0 Å². The third-order valence-corrected chi connectivity index (χ3v) is 3.89. The first kappa shape index (κ1) is 15.0. The van der Waals surface area contributed by atoms with Gasteiger partial charge in [-0.15, -0.1) is 0 Å². The summed E-state index contributed by atoms with van der Waals surface area (Å²) < 4.78 is 16.4. The molecule has 0 spiro atoms. The second-order valence-electron chi connectivity index (χ2n) is 5.04. The largest absolute Gasteiger partial charge is 0.493 e. The van der Waals surface area contributed by atoms with E-state index in [-0.39, 0.29) is 5.95 Å². The van der Waals surface area contributed by atoms with Crippen molar-refractivity contribution >= 4 is 23.1 Å². The molecule has 3 rings (SSSR count). The van der Waals surface area contributed by atoms with E-state index in [1.165, 1.54) is 0 Å². The number of fused-ring (bicyclic) bond motifs is 1. The molecule has 23 heavy (non-hydrogen) atoms. The third kappa shape index (κ3) is 2.32. The third-order valence-electron chi connectivity index (χ3n) is 3.89. The normalized spacial score (nSPS) is 12.9. The van der Waals surface area contributed by atoms with Crippen molar-refractivity contribution in [2.45, 2.75) is 6.42 Å². The summed E-state index contributed by atoms with van der Waals surface area (Å²) in [6, 6.07) is 1.90. The molecule has 8 nitrogen and oxygen atoms in total. The zero-order valence-corrected chi connectivity index (χ0v) is 13.3. The Bertz CT molecular complexity index is 750. The average Bonchev–Trinajstić information content (AvgIpc) is 2.96. The Morgan fingerprint density at radius 2 is 1.78 bits per heavy atom. The van der Waals surface area contributed by atoms with Gasteiger partial charge in [-0.3, -0.25) is 0 Å². The summed E-state index contributed by atoms with van der Waals surface area (Å²) in [7, 11) is 4.79. The number of rotatable bonds is 4. The van der Waals surface area contributed by atoms with Gasteiger partial charge in [-0.2, -0.15) is 4.98 Å². The van der Waals surface area contributed by atoms with E-state index >= 15 is 0 Å². The molecule has 8 heteroatoms. The maximum Gasteiger partial charge on any atom is 0.222 e. The Morgan fingerprint density at radius 3 is 2.39 bits per heavy atom. The molecule has 0 saturated carbocycles. The molecule has 0 aliphatic carbocycles. The van der Waals surface area contributed by atoms with E-state index < -0.39 is 0 Å². The number of nitrogens with zero attached hydrogens (tertiary/aromatic N) is 3. The molecule has 4 N–H and O–H groups in total. The molecule has 0 bridgehead atoms. The number of methoxy groups -OCH3 is 3. The van der Waals surface area contributed by atoms with Crippen LogP contribution in [0.25, 0.3) is 0 Å². The van der Waals surface area contributed by atoms with E-state index in [0.717, 1.165) is 24.2 Å². The standard InChI is InChI=1S/C15H19N5O3/c1-21-11-6-9-8(12(22-2)13(11)23-3)4-5-20(9)10-7-18-15(17)19-14(10)16/h6-7H,4-5H2,1-3H3,(H4,16,17,18,19). The Kier molecular flexibility index (Phi) is 3.73. The van der Waals surface area contributed by atoms with E-state index in [1.54, 1.807) is 27.5 Å². The lowest BCUT2D eigenvalue weighted by Crippen LogP contribution is -2.16. The number of aromatic nitrogens is 2. The lowest BCUT2D eigenvalue weighted by molar-refractivity contribution is 0.323. The fourth-order valence-corrected chi connectivity index (χ4v) is 2.89. The Labute approximate surface area is 134 Å². The smallest absolute Gasteiger partial charge is 0.222 e. The monoisotopic (exact) mass is 317 g/mol. The van der Waals surface area contributed by atoms with Gasteiger partial charge in [-0.25, -0.2) is 4.98 Å². The van der Waals surface area contributed by atoms with E-state index in [0.29, 0.717) is 28.8 Å². The van der Waals surface area contributed by atoms with Crippen molar-refractivity contribution < 1.29 is 14.2 Å². The van der Waals surface area contributed by atoms with Gasteiger partial charge >= 0.3 is 0 Å². The van der Waals surface area contributed by atoms with Gasteiger partial charge < -0.3 is 30.6 Å². The van der Waals surface area contributed by atoms with Crippen molar-refractivity contribution in [2.75, 3.05) is 44.2 Å². The van der Waals surface area contributed by atoms with Gasteiger partial charge in [-0.05, 0) is 6.42 Å². The molecule has 1 aromatic heterocycles. The van der Waals surface area contributed by atoms with Gasteiger partial charge in [0, 0.05) is 18.2 Å². The van der Waals surface area contributed by atoms with Gasteiger partial charge in [0.25, 0.3) is 0 Å². The molecule has 1 aliphatic rings. The van der Waals surface area contributed by atoms with Crippen molar-refractivity contribution in [1.82, 2.24) is 9.97 Å². The van der Waals surface area contributed by atoms with Crippen LogP contribution in [0, 0.1) is 0 Å². The molecule has 1 aliphatic heterocycles. The molecule has 0 radical (unpaired) electrons. The molecule has 0 unspecified atom stereocenters. The van der Waals surface area contributed by atoms with Crippen LogP contribution in [-0.4, -0.2) is 37.8 Å². The minimum atomic E-state index is 0.149. The predicted molar refractivity (Wildman–Crippen MR) is 87.7 cm³/mol. The maximum absolute atomic E-state index is 6.00. The van der Waals surface area contributed by atoms with Crippen LogP contribution in [0.1, 0.15) is 5.56 Å². The minimum absolute atomic E-state index is 0.149. The van der Waals surface area contributed by atoms with Crippen LogP contribution >= 0.6 is 0 Å². The number of hydrogen-bond donors (Lipinski definition) is 2. The molecular formula is C15H19N5O3. The van der Waals surface area contributed by atoms with Crippen molar-refractivity contribution in [3.8, 4) is 17.2 Å². The fraction of sp³-hybridized carbons (Fsp3) is 0.333. The second kappa shape index (κ2) is 5.71. The fourth-order valence-electron chi connectivity index (χ4n) is 2.89. The van der Waals surface area contributed by atoms with E-state index in [9.17, 15) is 0 Å². The van der Waals surface area contributed by atoms with Gasteiger partial charge in [0.15, 0.2) is 17.3 Å². The highest BCUT2D eigenvalue weighted by atomic mass is 16.5. The first-order valence-electron chi connectivity index (χ1n) is 7.08. The summed E-state index contributed by atoms with van der Waals surface area (Å²) in [5.74, 6) is 2.32. The van der Waals surface area contributed by atoms with Crippen LogP contribution < -0.4 is 30.6 Å². The summed E-state index contributed by atoms with van der Waals surface area (Å²) in [6.07, 6.45) is 2.40. The van der Waals surface area contributed by atoms with Gasteiger partial charge in [0.05, 0.1) is 33.2 Å².